The van der Waals surface area contributed by atoms with Crippen LogP contribution >= 0.6 is 12.4 Å². The summed E-state index contributed by atoms with van der Waals surface area (Å²) < 4.78 is 1.48. The lowest BCUT2D eigenvalue weighted by Gasteiger charge is -2.37. The van der Waals surface area contributed by atoms with Crippen LogP contribution in [0.15, 0.2) is 41.3 Å². The molecule has 1 aromatic heterocycles. The quantitative estimate of drug-likeness (QED) is 0.473. The van der Waals surface area contributed by atoms with Crippen molar-refractivity contribution in [2.24, 2.45) is 23.3 Å². The zero-order valence-corrected chi connectivity index (χ0v) is 24.1. The Hall–Kier alpha value is -2.99. The van der Waals surface area contributed by atoms with E-state index in [-0.39, 0.29) is 30.2 Å². The molecule has 2 saturated heterocycles. The number of nitrogens with one attached hydrogen (secondary N) is 1. The van der Waals surface area contributed by atoms with E-state index in [9.17, 15) is 14.4 Å². The van der Waals surface area contributed by atoms with Crippen molar-refractivity contribution in [2.75, 3.05) is 51.1 Å². The second kappa shape index (κ2) is 12.3. The maximum atomic E-state index is 12.8. The number of halogens is 1. The minimum atomic E-state index is -0.945. The first-order valence-electron chi connectivity index (χ1n) is 13.9. The van der Waals surface area contributed by atoms with Gasteiger partial charge in [0.2, 0.25) is 5.91 Å². The number of piperidine rings is 1. The van der Waals surface area contributed by atoms with Crippen molar-refractivity contribution in [2.45, 2.75) is 44.7 Å². The van der Waals surface area contributed by atoms with Crippen LogP contribution < -0.4 is 22.5 Å². The zero-order valence-electron chi connectivity index (χ0n) is 23.3. The number of aromatic nitrogens is 2. The second-order valence-corrected chi connectivity index (χ2v) is 11.8. The van der Waals surface area contributed by atoms with Crippen molar-refractivity contribution in [1.82, 2.24) is 24.3 Å². The summed E-state index contributed by atoms with van der Waals surface area (Å²) >= 11 is 0. The molecule has 40 heavy (non-hydrogen) atoms. The predicted octanol–water partition coefficient (Wildman–Crippen LogP) is 1.28. The predicted molar refractivity (Wildman–Crippen MR) is 157 cm³/mol. The number of fused-ring (bicyclic) bond motifs is 2. The van der Waals surface area contributed by atoms with E-state index in [1.165, 1.54) is 17.4 Å². The minimum Gasteiger partial charge on any atom is -0.338 e. The van der Waals surface area contributed by atoms with E-state index in [4.69, 9.17) is 11.5 Å². The monoisotopic (exact) mass is 572 g/mol. The maximum Gasteiger partial charge on any atom is 0.354 e. The molecule has 2 aliphatic heterocycles. The van der Waals surface area contributed by atoms with Crippen LogP contribution in [0.4, 0.5) is 10.6 Å². The Bertz CT molecular complexity index is 1260. The van der Waals surface area contributed by atoms with Crippen molar-refractivity contribution >= 4 is 30.2 Å². The molecular formula is C28H41ClN8O3. The molecule has 2 bridgehead atoms. The summed E-state index contributed by atoms with van der Waals surface area (Å²) in [5.41, 5.74) is 12.8. The molecule has 0 radical (unpaired) electrons. The number of urea groups is 1. The van der Waals surface area contributed by atoms with E-state index in [2.05, 4.69) is 21.3 Å². The van der Waals surface area contributed by atoms with Gasteiger partial charge in [0.05, 0.1) is 11.2 Å². The highest BCUT2D eigenvalue weighted by atomic mass is 35.5. The lowest BCUT2D eigenvalue weighted by Crippen LogP contribution is -2.58. The summed E-state index contributed by atoms with van der Waals surface area (Å²) in [5, 5.41) is 2.71. The molecule has 3 heterocycles. The molecule has 2 aromatic rings. The first kappa shape index (κ1) is 30.0. The Balaban J connectivity index is 0.00000370. The van der Waals surface area contributed by atoms with Gasteiger partial charge in [-0.05, 0) is 68.7 Å². The number of hydrogen-bond acceptors (Lipinski definition) is 7. The molecule has 1 saturated carbocycles. The fraction of sp³-hybridized carbons (Fsp3) is 0.571. The molecule has 3 amide bonds. The highest BCUT2D eigenvalue weighted by Crippen LogP contribution is 2.35. The second-order valence-electron chi connectivity index (χ2n) is 11.8. The molecule has 3 aliphatic rings. The fourth-order valence-corrected chi connectivity index (χ4v) is 6.07. The van der Waals surface area contributed by atoms with Crippen molar-refractivity contribution in [1.29, 1.82) is 0 Å². The van der Waals surface area contributed by atoms with Gasteiger partial charge in [0.15, 0.2) is 0 Å². The van der Waals surface area contributed by atoms with Gasteiger partial charge in [0.25, 0.3) is 0 Å². The number of rotatable bonds is 6. The number of benzene rings is 1. The van der Waals surface area contributed by atoms with Gasteiger partial charge in [-0.1, -0.05) is 12.1 Å². The molecule has 218 valence electrons. The normalized spacial score (nSPS) is 23.1. The SMILES string of the molecule is CC(C)(N)C(=O)N1CCN(C(=O)Nc2ccn(-c3cccc(CCN4CC5CCC(C4)C5N)c3)c(=O)n2)CC1.Cl. The molecule has 1 aliphatic carbocycles. The number of carbonyl (C=O) groups is 2. The highest BCUT2D eigenvalue weighted by molar-refractivity contribution is 5.89. The lowest BCUT2D eigenvalue weighted by atomic mass is 9.93. The summed E-state index contributed by atoms with van der Waals surface area (Å²) in [6.45, 7) is 8.05. The first-order valence-corrected chi connectivity index (χ1v) is 13.9. The average molecular weight is 573 g/mol. The van der Waals surface area contributed by atoms with E-state index < -0.39 is 11.2 Å². The molecule has 5 rings (SSSR count). The smallest absolute Gasteiger partial charge is 0.338 e. The van der Waals surface area contributed by atoms with Crippen LogP contribution in [0.3, 0.4) is 0 Å². The van der Waals surface area contributed by atoms with Crippen molar-refractivity contribution in [3.05, 3.63) is 52.6 Å². The van der Waals surface area contributed by atoms with Crippen LogP contribution in [0.25, 0.3) is 5.69 Å². The van der Waals surface area contributed by atoms with E-state index in [1.54, 1.807) is 35.9 Å². The Morgan fingerprint density at radius 2 is 1.70 bits per heavy atom. The number of anilines is 1. The van der Waals surface area contributed by atoms with E-state index in [1.807, 2.05) is 18.2 Å². The maximum absolute atomic E-state index is 12.8. The summed E-state index contributed by atoms with van der Waals surface area (Å²) in [5.74, 6) is 1.30. The molecular weight excluding hydrogens is 532 g/mol. The standard InChI is InChI=1S/C28H40N8O3.ClH/c1-28(2,30)25(37)34-12-14-35(15-13-34)26(38)31-23-9-11-36(27(39)32-23)22-5-3-4-19(16-22)8-10-33-17-20-6-7-21(18-33)24(20)29;/h3-5,9,11,16,20-21,24H,6-8,10,12-15,17-18,29-30H2,1-2H3,(H,31,32,38,39);1H. The van der Waals surface area contributed by atoms with E-state index in [0.717, 1.165) is 37.3 Å². The number of amides is 3. The zero-order chi connectivity index (χ0) is 27.7. The topological polar surface area (TPSA) is 143 Å². The Labute approximate surface area is 241 Å². The number of likely N-dealkylation sites (tertiary alicyclic amines) is 1. The summed E-state index contributed by atoms with van der Waals surface area (Å²) in [6.07, 6.45) is 5.03. The molecule has 11 nitrogen and oxygen atoms in total. The number of nitrogens with zero attached hydrogens (tertiary/aromatic N) is 5. The van der Waals surface area contributed by atoms with Crippen LogP contribution in [0.1, 0.15) is 32.3 Å². The molecule has 0 spiro atoms. The van der Waals surface area contributed by atoms with Gasteiger partial charge in [0.1, 0.15) is 5.82 Å². The van der Waals surface area contributed by atoms with Gasteiger partial charge < -0.3 is 26.2 Å². The molecule has 5 N–H and O–H groups in total. The van der Waals surface area contributed by atoms with Gasteiger partial charge in [-0.25, -0.2) is 9.59 Å². The van der Waals surface area contributed by atoms with Gasteiger partial charge in [-0.3, -0.25) is 14.7 Å². The lowest BCUT2D eigenvalue weighted by molar-refractivity contribution is -0.137. The Kier molecular flexibility index (Phi) is 9.19. The summed E-state index contributed by atoms with van der Waals surface area (Å²) in [6, 6.07) is 9.58. The molecule has 3 fully saturated rings. The van der Waals surface area contributed by atoms with E-state index >= 15 is 0 Å². The third kappa shape index (κ3) is 6.65. The summed E-state index contributed by atoms with van der Waals surface area (Å²) in [7, 11) is 0. The minimum absolute atomic E-state index is 0. The number of piperazine rings is 1. The number of nitrogens with two attached hydrogens (primary N) is 2. The van der Waals surface area contributed by atoms with Crippen LogP contribution in [0, 0.1) is 11.8 Å². The van der Waals surface area contributed by atoms with Crippen molar-refractivity contribution < 1.29 is 9.59 Å². The van der Waals surface area contributed by atoms with Crippen molar-refractivity contribution in [3.8, 4) is 5.69 Å². The average Bonchev–Trinajstić information content (AvgIpc) is 3.10. The van der Waals surface area contributed by atoms with Gasteiger partial charge >= 0.3 is 11.7 Å². The fourth-order valence-electron chi connectivity index (χ4n) is 6.07. The first-order chi connectivity index (χ1) is 18.6. The molecule has 2 atom stereocenters. The number of carbonyl (C=O) groups excluding carboxylic acids is 2. The Morgan fingerprint density at radius 1 is 1.05 bits per heavy atom. The third-order valence-corrected chi connectivity index (χ3v) is 8.33. The van der Waals surface area contributed by atoms with Crippen molar-refractivity contribution in [3.63, 3.8) is 0 Å². The van der Waals surface area contributed by atoms with Crippen LogP contribution in [0.5, 0.6) is 0 Å². The van der Waals surface area contributed by atoms with Crippen LogP contribution in [-0.4, -0.2) is 93.6 Å². The summed E-state index contributed by atoms with van der Waals surface area (Å²) in [4.78, 5) is 47.8. The van der Waals surface area contributed by atoms with Gasteiger partial charge in [-0.2, -0.15) is 4.98 Å². The molecule has 2 unspecified atom stereocenters. The third-order valence-electron chi connectivity index (χ3n) is 8.33. The number of hydrogen-bond donors (Lipinski definition) is 3. The van der Waals surface area contributed by atoms with Gasteiger partial charge in [-0.15, -0.1) is 12.4 Å². The van der Waals surface area contributed by atoms with Crippen LogP contribution in [-0.2, 0) is 11.2 Å². The van der Waals surface area contributed by atoms with E-state index in [0.29, 0.717) is 44.1 Å². The molecule has 12 heteroatoms. The molecule has 1 aromatic carbocycles. The highest BCUT2D eigenvalue weighted by Gasteiger charge is 2.39. The van der Waals surface area contributed by atoms with Gasteiger partial charge in [0, 0.05) is 58.1 Å². The van der Waals surface area contributed by atoms with Crippen LogP contribution in [0.2, 0.25) is 0 Å². The largest absolute Gasteiger partial charge is 0.354 e. The Morgan fingerprint density at radius 3 is 2.33 bits per heavy atom.